The Morgan fingerprint density at radius 2 is 1.95 bits per heavy atom. The first-order valence-electron chi connectivity index (χ1n) is 7.14. The maximum Gasteiger partial charge on any atom is 0.123 e. The molecular formula is C16H24BrNO. The average molecular weight is 326 g/mol. The number of halogens is 1. The molecule has 0 unspecified atom stereocenters. The second-order valence-electron chi connectivity index (χ2n) is 6.17. The highest BCUT2D eigenvalue weighted by Gasteiger charge is 2.28. The lowest BCUT2D eigenvalue weighted by atomic mass is 9.78. The molecule has 106 valence electrons. The molecule has 1 aliphatic heterocycles. The number of phenolic OH excluding ortho intramolecular Hbond substituents is 1. The van der Waals surface area contributed by atoms with Crippen LogP contribution in [0.5, 0.6) is 5.75 Å². The molecule has 1 fully saturated rings. The molecule has 1 aromatic rings. The van der Waals surface area contributed by atoms with Gasteiger partial charge in [0.05, 0.1) is 0 Å². The van der Waals surface area contributed by atoms with Gasteiger partial charge in [0, 0.05) is 16.6 Å². The molecular weight excluding hydrogens is 302 g/mol. The third-order valence-corrected chi connectivity index (χ3v) is 5.11. The quantitative estimate of drug-likeness (QED) is 0.885. The molecule has 3 heteroatoms. The minimum Gasteiger partial charge on any atom is -0.507 e. The van der Waals surface area contributed by atoms with Crippen LogP contribution in [-0.4, -0.2) is 23.1 Å². The molecule has 19 heavy (non-hydrogen) atoms. The molecule has 1 saturated heterocycles. The van der Waals surface area contributed by atoms with Gasteiger partial charge in [0.2, 0.25) is 0 Å². The van der Waals surface area contributed by atoms with E-state index in [-0.39, 0.29) is 0 Å². The van der Waals surface area contributed by atoms with Gasteiger partial charge in [0.25, 0.3) is 0 Å². The number of piperidine rings is 1. The van der Waals surface area contributed by atoms with E-state index in [1.165, 1.54) is 19.3 Å². The van der Waals surface area contributed by atoms with E-state index < -0.39 is 0 Å². The Bertz CT molecular complexity index is 450. The normalized spacial score (nSPS) is 19.6. The SMILES string of the molecule is CCC1(C)CCN(Cc2cc(Br)cc(C)c2O)CC1. The number of rotatable bonds is 3. The third kappa shape index (κ3) is 3.51. The Morgan fingerprint density at radius 1 is 1.32 bits per heavy atom. The summed E-state index contributed by atoms with van der Waals surface area (Å²) in [6.45, 7) is 9.76. The number of likely N-dealkylation sites (tertiary alicyclic amines) is 1. The minimum absolute atomic E-state index is 0.451. The van der Waals surface area contributed by atoms with Gasteiger partial charge in [-0.2, -0.15) is 0 Å². The molecule has 0 aromatic heterocycles. The van der Waals surface area contributed by atoms with Gasteiger partial charge in [0.1, 0.15) is 5.75 Å². The highest BCUT2D eigenvalue weighted by molar-refractivity contribution is 9.10. The van der Waals surface area contributed by atoms with Gasteiger partial charge < -0.3 is 5.11 Å². The van der Waals surface area contributed by atoms with Crippen LogP contribution in [-0.2, 0) is 6.54 Å². The van der Waals surface area contributed by atoms with Gasteiger partial charge >= 0.3 is 0 Å². The summed E-state index contributed by atoms with van der Waals surface area (Å²) >= 11 is 3.51. The summed E-state index contributed by atoms with van der Waals surface area (Å²) in [6, 6.07) is 4.00. The fourth-order valence-electron chi connectivity index (χ4n) is 2.77. The Morgan fingerprint density at radius 3 is 2.53 bits per heavy atom. The average Bonchev–Trinajstić information content (AvgIpc) is 2.38. The number of phenols is 1. The van der Waals surface area contributed by atoms with Crippen LogP contribution in [0.2, 0.25) is 0 Å². The maximum absolute atomic E-state index is 10.2. The van der Waals surface area contributed by atoms with Crippen molar-refractivity contribution in [2.75, 3.05) is 13.1 Å². The molecule has 2 rings (SSSR count). The van der Waals surface area contributed by atoms with E-state index in [1.807, 2.05) is 19.1 Å². The number of aryl methyl sites for hydroxylation is 1. The van der Waals surface area contributed by atoms with E-state index >= 15 is 0 Å². The highest BCUT2D eigenvalue weighted by Crippen LogP contribution is 2.35. The van der Waals surface area contributed by atoms with E-state index in [4.69, 9.17) is 0 Å². The van der Waals surface area contributed by atoms with Crippen LogP contribution in [0.4, 0.5) is 0 Å². The number of hydrogen-bond acceptors (Lipinski definition) is 2. The molecule has 0 saturated carbocycles. The molecule has 0 amide bonds. The van der Waals surface area contributed by atoms with Crippen molar-refractivity contribution in [3.63, 3.8) is 0 Å². The van der Waals surface area contributed by atoms with Gasteiger partial charge in [-0.3, -0.25) is 4.90 Å². The van der Waals surface area contributed by atoms with E-state index in [2.05, 4.69) is 34.7 Å². The largest absolute Gasteiger partial charge is 0.507 e. The third-order valence-electron chi connectivity index (χ3n) is 4.65. The zero-order valence-electron chi connectivity index (χ0n) is 12.2. The van der Waals surface area contributed by atoms with Gasteiger partial charge in [-0.15, -0.1) is 0 Å². The van der Waals surface area contributed by atoms with Crippen molar-refractivity contribution < 1.29 is 5.11 Å². The van der Waals surface area contributed by atoms with Crippen molar-refractivity contribution in [1.29, 1.82) is 0 Å². The summed E-state index contributed by atoms with van der Waals surface area (Å²) < 4.78 is 1.05. The standard InChI is InChI=1S/C16H24BrNO/c1-4-16(3)5-7-18(8-6-16)11-13-10-14(17)9-12(2)15(13)19/h9-10,19H,4-8,11H2,1-3H3. The molecule has 2 nitrogen and oxygen atoms in total. The lowest BCUT2D eigenvalue weighted by Crippen LogP contribution is -2.37. The summed E-state index contributed by atoms with van der Waals surface area (Å²) in [6.07, 6.45) is 3.79. The van der Waals surface area contributed by atoms with Gasteiger partial charge in [-0.05, 0) is 56.0 Å². The lowest BCUT2D eigenvalue weighted by molar-refractivity contribution is 0.109. The molecule has 0 atom stereocenters. The predicted molar refractivity (Wildman–Crippen MR) is 83.5 cm³/mol. The van der Waals surface area contributed by atoms with Crippen molar-refractivity contribution in [1.82, 2.24) is 4.90 Å². The van der Waals surface area contributed by atoms with Crippen LogP contribution in [0.1, 0.15) is 44.2 Å². The maximum atomic E-state index is 10.2. The fraction of sp³-hybridized carbons (Fsp3) is 0.625. The second-order valence-corrected chi connectivity index (χ2v) is 7.09. The summed E-state index contributed by atoms with van der Waals surface area (Å²) in [5, 5.41) is 10.2. The van der Waals surface area contributed by atoms with Crippen LogP contribution >= 0.6 is 15.9 Å². The topological polar surface area (TPSA) is 23.5 Å². The van der Waals surface area contributed by atoms with E-state index in [0.29, 0.717) is 11.2 Å². The van der Waals surface area contributed by atoms with Gasteiger partial charge in [-0.25, -0.2) is 0 Å². The number of nitrogens with zero attached hydrogens (tertiary/aromatic N) is 1. The molecule has 1 heterocycles. The van der Waals surface area contributed by atoms with E-state index in [0.717, 1.165) is 35.2 Å². The van der Waals surface area contributed by atoms with Crippen molar-refractivity contribution in [2.45, 2.75) is 46.6 Å². The Kier molecular flexibility index (Phi) is 4.57. The Labute approximate surface area is 124 Å². The summed E-state index contributed by atoms with van der Waals surface area (Å²) in [5.41, 5.74) is 2.50. The van der Waals surface area contributed by atoms with E-state index in [9.17, 15) is 5.11 Å². The van der Waals surface area contributed by atoms with Crippen LogP contribution in [0.15, 0.2) is 16.6 Å². The van der Waals surface area contributed by atoms with E-state index in [1.54, 1.807) is 0 Å². The monoisotopic (exact) mass is 325 g/mol. The van der Waals surface area contributed by atoms with Crippen molar-refractivity contribution in [3.05, 3.63) is 27.7 Å². The zero-order chi connectivity index (χ0) is 14.0. The summed E-state index contributed by atoms with van der Waals surface area (Å²) in [5.74, 6) is 0.451. The van der Waals surface area contributed by atoms with Gasteiger partial charge in [0.15, 0.2) is 0 Å². The minimum atomic E-state index is 0.451. The van der Waals surface area contributed by atoms with Crippen molar-refractivity contribution in [3.8, 4) is 5.75 Å². The smallest absolute Gasteiger partial charge is 0.123 e. The van der Waals surface area contributed by atoms with Crippen LogP contribution in [0.25, 0.3) is 0 Å². The van der Waals surface area contributed by atoms with Crippen LogP contribution in [0, 0.1) is 12.3 Å². The molecule has 1 aromatic carbocycles. The molecule has 0 radical (unpaired) electrons. The number of hydrogen-bond donors (Lipinski definition) is 1. The highest BCUT2D eigenvalue weighted by atomic mass is 79.9. The fourth-order valence-corrected chi connectivity index (χ4v) is 3.39. The number of benzene rings is 1. The molecule has 0 bridgehead atoms. The molecule has 1 N–H and O–H groups in total. The molecule has 0 spiro atoms. The van der Waals surface area contributed by atoms with Crippen molar-refractivity contribution in [2.24, 2.45) is 5.41 Å². The Hall–Kier alpha value is -0.540. The molecule has 1 aliphatic rings. The first kappa shape index (κ1) is 14.9. The molecule has 0 aliphatic carbocycles. The summed E-state index contributed by atoms with van der Waals surface area (Å²) in [7, 11) is 0. The van der Waals surface area contributed by atoms with Crippen molar-refractivity contribution >= 4 is 15.9 Å². The predicted octanol–water partition coefficient (Wildman–Crippen LogP) is 4.48. The zero-order valence-corrected chi connectivity index (χ0v) is 13.8. The number of aromatic hydroxyl groups is 1. The Balaban J connectivity index is 2.04. The van der Waals surface area contributed by atoms with Crippen LogP contribution in [0.3, 0.4) is 0 Å². The second kappa shape index (κ2) is 5.84. The first-order valence-corrected chi connectivity index (χ1v) is 7.93. The first-order chi connectivity index (χ1) is 8.93. The van der Waals surface area contributed by atoms with Gasteiger partial charge in [-0.1, -0.05) is 36.2 Å². The lowest BCUT2D eigenvalue weighted by Gasteiger charge is -2.39. The summed E-state index contributed by atoms with van der Waals surface area (Å²) in [4.78, 5) is 2.46. The van der Waals surface area contributed by atoms with Crippen LogP contribution < -0.4 is 0 Å².